The van der Waals surface area contributed by atoms with E-state index in [-0.39, 0.29) is 17.1 Å². The van der Waals surface area contributed by atoms with Gasteiger partial charge in [0.2, 0.25) is 0 Å². The number of hydrazone groups is 1. The second-order valence-electron chi connectivity index (χ2n) is 10.1. The highest BCUT2D eigenvalue weighted by atomic mass is 32.2. The zero-order valence-corrected chi connectivity index (χ0v) is 23.6. The Balaban J connectivity index is 1.49. The number of carboxylic acids is 1. The summed E-state index contributed by atoms with van der Waals surface area (Å²) in [6.45, 7) is 8.07. The number of aliphatic carboxylic acids is 1. The van der Waals surface area contributed by atoms with Crippen molar-refractivity contribution in [3.05, 3.63) is 89.5 Å². The van der Waals surface area contributed by atoms with E-state index >= 15 is 0 Å². The zero-order chi connectivity index (χ0) is 28.7. The first kappa shape index (κ1) is 28.6. The number of benzene rings is 3. The van der Waals surface area contributed by atoms with Crippen LogP contribution in [0.5, 0.6) is 5.75 Å². The summed E-state index contributed by atoms with van der Waals surface area (Å²) in [6.07, 6.45) is 1.41. The van der Waals surface area contributed by atoms with Gasteiger partial charge in [-0.1, -0.05) is 86.6 Å². The molecule has 9 nitrogen and oxygen atoms in total. The molecule has 0 fully saturated rings. The van der Waals surface area contributed by atoms with Gasteiger partial charge >= 0.3 is 5.97 Å². The number of aryl methyl sites for hydroxylation is 1. The smallest absolute Gasteiger partial charge is 0.341 e. The van der Waals surface area contributed by atoms with Crippen LogP contribution in [-0.2, 0) is 15.0 Å². The Hall–Kier alpha value is -4.44. The van der Waals surface area contributed by atoms with Gasteiger partial charge in [-0.2, -0.15) is 5.10 Å². The Labute approximate surface area is 237 Å². The molecule has 4 rings (SSSR count). The van der Waals surface area contributed by atoms with Crippen molar-refractivity contribution in [3.63, 3.8) is 0 Å². The third-order valence-electron chi connectivity index (χ3n) is 5.93. The molecule has 0 unspecified atom stereocenters. The van der Waals surface area contributed by atoms with Crippen LogP contribution in [0.2, 0.25) is 0 Å². The number of aromatic nitrogens is 3. The van der Waals surface area contributed by atoms with Crippen molar-refractivity contribution in [2.45, 2.75) is 38.3 Å². The van der Waals surface area contributed by atoms with Crippen LogP contribution in [0.4, 0.5) is 0 Å². The Bertz CT molecular complexity index is 1510. The second-order valence-corrected chi connectivity index (χ2v) is 11.0. The minimum atomic E-state index is -1.08. The van der Waals surface area contributed by atoms with Crippen LogP contribution in [0, 0.1) is 6.92 Å². The number of nitrogens with zero attached hydrogens (tertiary/aromatic N) is 4. The van der Waals surface area contributed by atoms with Gasteiger partial charge in [0.15, 0.2) is 17.6 Å². The molecule has 1 heterocycles. The van der Waals surface area contributed by atoms with Gasteiger partial charge in [-0.05, 0) is 42.2 Å². The molecule has 0 atom stereocenters. The number of amides is 1. The Morgan fingerprint density at radius 2 is 1.73 bits per heavy atom. The number of nitrogens with one attached hydrogen (secondary N) is 1. The quantitative estimate of drug-likeness (QED) is 0.155. The van der Waals surface area contributed by atoms with Gasteiger partial charge in [0.25, 0.3) is 5.91 Å². The SMILES string of the molecule is Cc1ccc(-n2c(SCC(=O)N/N=C/c3ccccc3OCC(=O)O)nnc2-c2ccc(C(C)(C)C)cc2)cc1. The Morgan fingerprint density at radius 1 is 1.02 bits per heavy atom. The number of rotatable bonds is 10. The average Bonchev–Trinajstić information content (AvgIpc) is 3.35. The van der Waals surface area contributed by atoms with E-state index in [0.29, 0.717) is 22.3 Å². The minimum Gasteiger partial charge on any atom is -0.481 e. The third kappa shape index (κ3) is 7.35. The van der Waals surface area contributed by atoms with Gasteiger partial charge in [0.05, 0.1) is 12.0 Å². The average molecular weight is 558 g/mol. The highest BCUT2D eigenvalue weighted by Crippen LogP contribution is 2.30. The fourth-order valence-corrected chi connectivity index (χ4v) is 4.53. The largest absolute Gasteiger partial charge is 0.481 e. The van der Waals surface area contributed by atoms with E-state index in [1.807, 2.05) is 47.9 Å². The number of hydrogen-bond donors (Lipinski definition) is 2. The molecule has 0 aliphatic heterocycles. The van der Waals surface area contributed by atoms with E-state index < -0.39 is 12.6 Å². The lowest BCUT2D eigenvalue weighted by Crippen LogP contribution is -2.20. The molecule has 2 N–H and O–H groups in total. The van der Waals surface area contributed by atoms with Crippen LogP contribution in [0.15, 0.2) is 83.1 Å². The lowest BCUT2D eigenvalue weighted by Gasteiger charge is -2.19. The number of carbonyl (C=O) groups is 2. The topological polar surface area (TPSA) is 119 Å². The van der Waals surface area contributed by atoms with Crippen LogP contribution in [-0.4, -0.2) is 50.3 Å². The van der Waals surface area contributed by atoms with Gasteiger partial charge < -0.3 is 9.84 Å². The van der Waals surface area contributed by atoms with Gasteiger partial charge in [0, 0.05) is 16.8 Å². The lowest BCUT2D eigenvalue weighted by atomic mass is 9.87. The van der Waals surface area contributed by atoms with Crippen LogP contribution in [0.3, 0.4) is 0 Å². The fraction of sp³-hybridized carbons (Fsp3) is 0.233. The van der Waals surface area contributed by atoms with Gasteiger partial charge in [-0.15, -0.1) is 10.2 Å². The zero-order valence-electron chi connectivity index (χ0n) is 22.8. The summed E-state index contributed by atoms with van der Waals surface area (Å²) in [6, 6.07) is 23.2. The molecule has 40 heavy (non-hydrogen) atoms. The molecule has 0 saturated carbocycles. The lowest BCUT2D eigenvalue weighted by molar-refractivity contribution is -0.139. The van der Waals surface area contributed by atoms with E-state index in [9.17, 15) is 9.59 Å². The summed E-state index contributed by atoms with van der Waals surface area (Å²) in [4.78, 5) is 23.4. The molecular weight excluding hydrogens is 526 g/mol. The molecule has 0 saturated heterocycles. The van der Waals surface area contributed by atoms with Crippen LogP contribution >= 0.6 is 11.8 Å². The first-order chi connectivity index (χ1) is 19.1. The number of hydrogen-bond acceptors (Lipinski definition) is 7. The Morgan fingerprint density at radius 3 is 2.40 bits per heavy atom. The molecule has 206 valence electrons. The third-order valence-corrected chi connectivity index (χ3v) is 6.86. The first-order valence-corrected chi connectivity index (χ1v) is 13.6. The van der Waals surface area contributed by atoms with Crippen molar-refractivity contribution in [2.24, 2.45) is 5.10 Å². The highest BCUT2D eigenvalue weighted by Gasteiger charge is 2.19. The van der Waals surface area contributed by atoms with E-state index in [1.54, 1.807) is 24.3 Å². The first-order valence-electron chi connectivity index (χ1n) is 12.6. The summed E-state index contributed by atoms with van der Waals surface area (Å²) >= 11 is 1.25. The van der Waals surface area contributed by atoms with E-state index in [0.717, 1.165) is 16.8 Å². The molecule has 1 amide bonds. The molecule has 3 aromatic carbocycles. The van der Waals surface area contributed by atoms with E-state index in [1.165, 1.54) is 23.5 Å². The molecule has 0 aliphatic rings. The standard InChI is InChI=1S/C30H31N5O4S/c1-20-9-15-24(16-10-20)35-28(21-11-13-23(14-12-21)30(2,3)4)33-34-29(35)40-19-26(36)32-31-17-22-7-5-6-8-25(22)39-18-27(37)38/h5-17H,18-19H2,1-4H3,(H,32,36)(H,37,38)/b31-17+. The molecule has 1 aromatic heterocycles. The molecule has 0 bridgehead atoms. The fourth-order valence-electron chi connectivity index (χ4n) is 3.79. The molecule has 0 aliphatic carbocycles. The maximum atomic E-state index is 12.6. The predicted molar refractivity (Wildman–Crippen MR) is 156 cm³/mol. The van der Waals surface area contributed by atoms with Crippen LogP contribution in [0.1, 0.15) is 37.5 Å². The number of carboxylic acid groups (broad SMARTS) is 1. The predicted octanol–water partition coefficient (Wildman–Crippen LogP) is 5.25. The van der Waals surface area contributed by atoms with Crippen molar-refractivity contribution >= 4 is 29.9 Å². The Kier molecular flexibility index (Phi) is 9.00. The molecule has 10 heteroatoms. The number of para-hydroxylation sites is 1. The summed E-state index contributed by atoms with van der Waals surface area (Å²) < 4.78 is 7.21. The molecule has 0 spiro atoms. The second kappa shape index (κ2) is 12.6. The van der Waals surface area contributed by atoms with Crippen molar-refractivity contribution in [1.82, 2.24) is 20.2 Å². The summed E-state index contributed by atoms with van der Waals surface area (Å²) in [5, 5.41) is 22.3. The van der Waals surface area contributed by atoms with Gasteiger partial charge in [0.1, 0.15) is 5.75 Å². The summed E-state index contributed by atoms with van der Waals surface area (Å²) in [5.74, 6) is -0.323. The van der Waals surface area contributed by atoms with Crippen LogP contribution < -0.4 is 10.2 Å². The minimum absolute atomic E-state index is 0.0353. The van der Waals surface area contributed by atoms with E-state index in [2.05, 4.69) is 53.6 Å². The maximum Gasteiger partial charge on any atom is 0.341 e. The van der Waals surface area contributed by atoms with Gasteiger partial charge in [-0.3, -0.25) is 9.36 Å². The van der Waals surface area contributed by atoms with Crippen LogP contribution in [0.25, 0.3) is 17.1 Å². The van der Waals surface area contributed by atoms with Crippen molar-refractivity contribution in [1.29, 1.82) is 0 Å². The van der Waals surface area contributed by atoms with Gasteiger partial charge in [-0.25, -0.2) is 10.2 Å². The maximum absolute atomic E-state index is 12.6. The number of carbonyl (C=O) groups excluding carboxylic acids is 1. The van der Waals surface area contributed by atoms with Crippen molar-refractivity contribution < 1.29 is 19.4 Å². The monoisotopic (exact) mass is 557 g/mol. The normalized spacial score (nSPS) is 11.5. The summed E-state index contributed by atoms with van der Waals surface area (Å²) in [5.41, 5.74) is 7.25. The van der Waals surface area contributed by atoms with E-state index in [4.69, 9.17) is 9.84 Å². The molecular formula is C30H31N5O4S. The molecule has 0 radical (unpaired) electrons. The highest BCUT2D eigenvalue weighted by molar-refractivity contribution is 7.99. The number of ether oxygens (including phenoxy) is 1. The van der Waals surface area contributed by atoms with Crippen molar-refractivity contribution in [2.75, 3.05) is 12.4 Å². The molecule has 4 aromatic rings. The summed E-state index contributed by atoms with van der Waals surface area (Å²) in [7, 11) is 0. The van der Waals surface area contributed by atoms with Crippen molar-refractivity contribution in [3.8, 4) is 22.8 Å². The number of thioether (sulfide) groups is 1.